The zero-order valence-corrected chi connectivity index (χ0v) is 9.29. The third kappa shape index (κ3) is 2.45. The minimum atomic E-state index is -0.922. The van der Waals surface area contributed by atoms with Gasteiger partial charge in [0.2, 0.25) is 0 Å². The van der Waals surface area contributed by atoms with Crippen LogP contribution >= 0.6 is 0 Å². The Labute approximate surface area is 88.3 Å². The molecule has 0 aromatic rings. The molecule has 0 radical (unpaired) electrons. The first-order valence-electron chi connectivity index (χ1n) is 4.70. The predicted octanol–water partition coefficient (Wildman–Crippen LogP) is -1.00. The van der Waals surface area contributed by atoms with E-state index < -0.39 is 18.0 Å². The van der Waals surface area contributed by atoms with E-state index in [1.807, 2.05) is 0 Å². The van der Waals surface area contributed by atoms with Crippen LogP contribution in [0.5, 0.6) is 0 Å². The molecule has 1 heterocycles. The first-order valence-corrected chi connectivity index (χ1v) is 4.70. The van der Waals surface area contributed by atoms with Crippen molar-refractivity contribution >= 4 is 11.8 Å². The van der Waals surface area contributed by atoms with Gasteiger partial charge in [-0.2, -0.15) is 0 Å². The van der Waals surface area contributed by atoms with Gasteiger partial charge in [-0.25, -0.2) is 0 Å². The Morgan fingerprint density at radius 2 is 1.33 bits per heavy atom. The Balaban J connectivity index is 2.83. The number of rotatable bonds is 2. The number of ether oxygens (including phenoxy) is 2. The molecular formula is C9H16N2O4. The van der Waals surface area contributed by atoms with Crippen molar-refractivity contribution in [3.8, 4) is 0 Å². The summed E-state index contributed by atoms with van der Waals surface area (Å²) in [4.78, 5) is 22.9. The molecule has 0 spiro atoms. The van der Waals surface area contributed by atoms with Gasteiger partial charge in [0.1, 0.15) is 0 Å². The van der Waals surface area contributed by atoms with Gasteiger partial charge in [-0.1, -0.05) is 0 Å². The van der Waals surface area contributed by atoms with Crippen LogP contribution < -0.4 is 10.6 Å². The number of nitrogens with one attached hydrogen (secondary N) is 2. The lowest BCUT2D eigenvalue weighted by Gasteiger charge is -2.16. The lowest BCUT2D eigenvalue weighted by Crippen LogP contribution is -2.46. The molecule has 1 saturated heterocycles. The first kappa shape index (κ1) is 11.9. The summed E-state index contributed by atoms with van der Waals surface area (Å²) < 4.78 is 10.7. The highest BCUT2D eigenvalue weighted by molar-refractivity contribution is 5.91. The highest BCUT2D eigenvalue weighted by Crippen LogP contribution is 2.28. The minimum Gasteiger partial charge on any atom is -0.357 e. The lowest BCUT2D eigenvalue weighted by molar-refractivity contribution is -0.159. The number of hydrogen-bond acceptors (Lipinski definition) is 4. The molecule has 0 aliphatic carbocycles. The maximum Gasteiger partial charge on any atom is 0.252 e. The van der Waals surface area contributed by atoms with Crippen LogP contribution in [-0.2, 0) is 19.1 Å². The SMILES string of the molecule is CNC(=O)C1OC(C)(C)OC1C(=O)NC. The van der Waals surface area contributed by atoms with Gasteiger partial charge in [0.25, 0.3) is 11.8 Å². The zero-order valence-electron chi connectivity index (χ0n) is 9.29. The summed E-state index contributed by atoms with van der Waals surface area (Å²) in [7, 11) is 2.97. The fourth-order valence-electron chi connectivity index (χ4n) is 1.43. The summed E-state index contributed by atoms with van der Waals surface area (Å²) >= 11 is 0. The summed E-state index contributed by atoms with van der Waals surface area (Å²) in [5, 5.41) is 4.86. The summed E-state index contributed by atoms with van der Waals surface area (Å²) in [6, 6.07) is 0. The number of hydrogen-bond donors (Lipinski definition) is 2. The average Bonchev–Trinajstić information content (AvgIpc) is 2.52. The second-order valence-electron chi connectivity index (χ2n) is 3.71. The third-order valence-corrected chi connectivity index (χ3v) is 2.11. The highest BCUT2D eigenvalue weighted by Gasteiger charge is 2.48. The molecule has 0 bridgehead atoms. The molecule has 1 aliphatic heterocycles. The van der Waals surface area contributed by atoms with Gasteiger partial charge >= 0.3 is 0 Å². The van der Waals surface area contributed by atoms with Gasteiger partial charge in [0.15, 0.2) is 18.0 Å². The maximum absolute atomic E-state index is 11.4. The van der Waals surface area contributed by atoms with Gasteiger partial charge in [0, 0.05) is 14.1 Å². The van der Waals surface area contributed by atoms with Crippen molar-refractivity contribution in [1.29, 1.82) is 0 Å². The molecule has 6 heteroatoms. The van der Waals surface area contributed by atoms with Crippen molar-refractivity contribution in [2.24, 2.45) is 0 Å². The Bertz CT molecular complexity index is 251. The molecule has 0 saturated carbocycles. The van der Waals surface area contributed by atoms with E-state index in [-0.39, 0.29) is 11.8 Å². The predicted molar refractivity (Wildman–Crippen MR) is 52.0 cm³/mol. The van der Waals surface area contributed by atoms with Crippen molar-refractivity contribution in [3.63, 3.8) is 0 Å². The van der Waals surface area contributed by atoms with E-state index in [0.717, 1.165) is 0 Å². The largest absolute Gasteiger partial charge is 0.357 e. The molecule has 15 heavy (non-hydrogen) atoms. The molecule has 2 N–H and O–H groups in total. The van der Waals surface area contributed by atoms with Gasteiger partial charge in [0.05, 0.1) is 0 Å². The smallest absolute Gasteiger partial charge is 0.252 e. The Morgan fingerprint density at radius 3 is 1.60 bits per heavy atom. The molecule has 1 rings (SSSR count). The molecule has 1 fully saturated rings. The van der Waals surface area contributed by atoms with E-state index in [4.69, 9.17) is 9.47 Å². The maximum atomic E-state index is 11.4. The van der Waals surface area contributed by atoms with E-state index in [9.17, 15) is 9.59 Å². The van der Waals surface area contributed by atoms with Crippen LogP contribution in [0.4, 0.5) is 0 Å². The summed E-state index contributed by atoms with van der Waals surface area (Å²) in [5.41, 5.74) is 0. The van der Waals surface area contributed by atoms with Crippen LogP contribution in [0, 0.1) is 0 Å². The van der Waals surface area contributed by atoms with Crippen molar-refractivity contribution in [2.75, 3.05) is 14.1 Å². The van der Waals surface area contributed by atoms with Crippen LogP contribution in [0.1, 0.15) is 13.8 Å². The normalized spacial score (nSPS) is 28.5. The minimum absolute atomic E-state index is 0.367. The standard InChI is InChI=1S/C9H16N2O4/c1-9(2)14-5(7(12)10-3)6(15-9)8(13)11-4/h5-6H,1-4H3,(H,10,12)(H,11,13). The number of carbonyl (C=O) groups excluding carboxylic acids is 2. The number of carbonyl (C=O) groups is 2. The van der Waals surface area contributed by atoms with Gasteiger partial charge < -0.3 is 20.1 Å². The molecule has 6 nitrogen and oxygen atoms in total. The molecular weight excluding hydrogens is 200 g/mol. The van der Waals surface area contributed by atoms with E-state index in [1.54, 1.807) is 13.8 Å². The Morgan fingerprint density at radius 1 is 1.00 bits per heavy atom. The molecule has 2 amide bonds. The molecule has 2 unspecified atom stereocenters. The molecule has 2 atom stereocenters. The van der Waals surface area contributed by atoms with Crippen LogP contribution in [0.15, 0.2) is 0 Å². The second kappa shape index (κ2) is 4.16. The molecule has 1 aliphatic rings. The fraction of sp³-hybridized carbons (Fsp3) is 0.778. The third-order valence-electron chi connectivity index (χ3n) is 2.11. The van der Waals surface area contributed by atoms with Crippen LogP contribution in [0.3, 0.4) is 0 Å². The monoisotopic (exact) mass is 216 g/mol. The van der Waals surface area contributed by atoms with Crippen LogP contribution in [0.25, 0.3) is 0 Å². The molecule has 0 aromatic heterocycles. The van der Waals surface area contributed by atoms with Gasteiger partial charge in [-0.15, -0.1) is 0 Å². The zero-order chi connectivity index (χ0) is 11.6. The van der Waals surface area contributed by atoms with Crippen molar-refractivity contribution in [1.82, 2.24) is 10.6 Å². The summed E-state index contributed by atoms with van der Waals surface area (Å²) in [6.45, 7) is 3.32. The van der Waals surface area contributed by atoms with Crippen LogP contribution in [0.2, 0.25) is 0 Å². The molecule has 86 valence electrons. The molecule has 0 aromatic carbocycles. The fourth-order valence-corrected chi connectivity index (χ4v) is 1.43. The Hall–Kier alpha value is -1.14. The number of amides is 2. The van der Waals surface area contributed by atoms with Crippen LogP contribution in [-0.4, -0.2) is 43.9 Å². The summed E-state index contributed by atoms with van der Waals surface area (Å²) in [5.74, 6) is -1.66. The van der Waals surface area contributed by atoms with Gasteiger partial charge in [-0.3, -0.25) is 9.59 Å². The topological polar surface area (TPSA) is 76.7 Å². The average molecular weight is 216 g/mol. The van der Waals surface area contributed by atoms with Crippen molar-refractivity contribution < 1.29 is 19.1 Å². The van der Waals surface area contributed by atoms with E-state index >= 15 is 0 Å². The quantitative estimate of drug-likeness (QED) is 0.620. The van der Waals surface area contributed by atoms with Crippen molar-refractivity contribution in [2.45, 2.75) is 31.8 Å². The highest BCUT2D eigenvalue weighted by atomic mass is 16.8. The van der Waals surface area contributed by atoms with Crippen molar-refractivity contribution in [3.05, 3.63) is 0 Å². The first-order chi connectivity index (χ1) is 6.91. The lowest BCUT2D eigenvalue weighted by atomic mass is 10.2. The van der Waals surface area contributed by atoms with E-state index in [1.165, 1.54) is 14.1 Å². The second-order valence-corrected chi connectivity index (χ2v) is 3.71. The Kier molecular flexibility index (Phi) is 3.31. The number of likely N-dealkylation sites (N-methyl/N-ethyl adjacent to an activating group) is 2. The van der Waals surface area contributed by atoms with E-state index in [2.05, 4.69) is 10.6 Å². The van der Waals surface area contributed by atoms with Gasteiger partial charge in [-0.05, 0) is 13.8 Å². The van der Waals surface area contributed by atoms with E-state index in [0.29, 0.717) is 0 Å². The summed E-state index contributed by atoms with van der Waals surface area (Å²) in [6.07, 6.45) is -1.80.